The Labute approximate surface area is 226 Å². The summed E-state index contributed by atoms with van der Waals surface area (Å²) in [6.45, 7) is 4.76. The van der Waals surface area contributed by atoms with Crippen molar-refractivity contribution in [3.8, 4) is 17.2 Å². The molecule has 0 saturated carbocycles. The normalized spacial score (nSPS) is 15.2. The topological polar surface area (TPSA) is 140 Å². The molecule has 0 aliphatic carbocycles. The quantitative estimate of drug-likeness (QED) is 0.295. The number of carboxylic acid groups (broad SMARTS) is 1. The minimum atomic E-state index is -1.27. The van der Waals surface area contributed by atoms with Crippen LogP contribution in [0.3, 0.4) is 0 Å². The van der Waals surface area contributed by atoms with Crippen molar-refractivity contribution in [2.75, 3.05) is 43.4 Å². The highest BCUT2D eigenvalue weighted by Gasteiger charge is 2.24. The number of hydrogen-bond donors (Lipinski definition) is 2. The van der Waals surface area contributed by atoms with E-state index in [1.807, 2.05) is 12.1 Å². The first-order valence-electron chi connectivity index (χ1n) is 12.7. The SMILES string of the molecule is CC(Oc1cc(N2CCN(CCn3ncc4c3nc(N)n3nc(-c5ccco5)cc43)CC2)c(F)cc1F)C(=O)O. The van der Waals surface area contributed by atoms with Crippen LogP contribution >= 0.6 is 0 Å². The lowest BCUT2D eigenvalue weighted by atomic mass is 10.2. The molecule has 208 valence electrons. The lowest BCUT2D eigenvalue weighted by molar-refractivity contribution is -0.144. The number of ether oxygens (including phenoxy) is 1. The average molecular weight is 553 g/mol. The van der Waals surface area contributed by atoms with Gasteiger partial charge in [-0.05, 0) is 25.1 Å². The Balaban J connectivity index is 1.13. The van der Waals surface area contributed by atoms with Crippen LogP contribution < -0.4 is 15.4 Å². The van der Waals surface area contributed by atoms with Crippen LogP contribution in [0.2, 0.25) is 0 Å². The number of nitrogens with two attached hydrogens (primary N) is 1. The summed E-state index contributed by atoms with van der Waals surface area (Å²) in [5.74, 6) is -2.35. The molecule has 4 aromatic heterocycles. The van der Waals surface area contributed by atoms with E-state index in [1.54, 1.807) is 32.6 Å². The first-order chi connectivity index (χ1) is 19.3. The second-order valence-corrected chi connectivity index (χ2v) is 9.54. The lowest BCUT2D eigenvalue weighted by Gasteiger charge is -2.36. The van der Waals surface area contributed by atoms with Crippen LogP contribution in [0.1, 0.15) is 6.92 Å². The highest BCUT2D eigenvalue weighted by molar-refractivity contribution is 5.93. The van der Waals surface area contributed by atoms with Crippen molar-refractivity contribution in [1.29, 1.82) is 0 Å². The standard InChI is InChI=1S/C26H26F2N8O4/c1-15(25(37)38)40-23-13-21(17(27)11-18(23)28)34-7-4-33(5-8-34)6-9-35-24-16(14-30-35)20-12-19(22-3-2-10-39-22)32-36(20)26(29)31-24/h2-3,10-15H,4-9H2,1H3,(H2,29,31)(H,37,38). The van der Waals surface area contributed by atoms with Gasteiger partial charge in [0.1, 0.15) is 11.5 Å². The summed E-state index contributed by atoms with van der Waals surface area (Å²) in [4.78, 5) is 19.6. The van der Waals surface area contributed by atoms with Crippen molar-refractivity contribution in [1.82, 2.24) is 29.3 Å². The number of carbonyl (C=O) groups is 1. The second kappa shape index (κ2) is 10.1. The van der Waals surface area contributed by atoms with Crippen LogP contribution in [0.5, 0.6) is 5.75 Å². The number of fused-ring (bicyclic) bond motifs is 3. The monoisotopic (exact) mass is 552 g/mol. The lowest BCUT2D eigenvalue weighted by Crippen LogP contribution is -2.47. The molecule has 0 radical (unpaired) electrons. The summed E-state index contributed by atoms with van der Waals surface area (Å²) in [6, 6.07) is 7.45. The van der Waals surface area contributed by atoms with E-state index in [1.165, 1.54) is 13.0 Å². The number of nitrogens with zero attached hydrogens (tertiary/aromatic N) is 7. The van der Waals surface area contributed by atoms with Crippen LogP contribution in [0.25, 0.3) is 28.0 Å². The predicted molar refractivity (Wildman–Crippen MR) is 141 cm³/mol. The van der Waals surface area contributed by atoms with Gasteiger partial charge in [-0.3, -0.25) is 4.90 Å². The van der Waals surface area contributed by atoms with Gasteiger partial charge in [0.05, 0.1) is 35.6 Å². The van der Waals surface area contributed by atoms with E-state index in [-0.39, 0.29) is 17.4 Å². The molecule has 1 aliphatic rings. The number of carboxylic acids is 1. The Hall–Kier alpha value is -4.72. The highest BCUT2D eigenvalue weighted by Crippen LogP contribution is 2.30. The van der Waals surface area contributed by atoms with E-state index in [2.05, 4.69) is 20.1 Å². The molecular formula is C26H26F2N8O4. The van der Waals surface area contributed by atoms with Gasteiger partial charge in [-0.2, -0.15) is 19.7 Å². The van der Waals surface area contributed by atoms with Gasteiger partial charge < -0.3 is 24.9 Å². The van der Waals surface area contributed by atoms with Gasteiger partial charge in [-0.25, -0.2) is 18.3 Å². The number of halogens is 2. The van der Waals surface area contributed by atoms with Crippen LogP contribution in [0.4, 0.5) is 20.4 Å². The van der Waals surface area contributed by atoms with Gasteiger partial charge in [0.2, 0.25) is 5.95 Å². The fourth-order valence-electron chi connectivity index (χ4n) is 4.83. The molecule has 0 bridgehead atoms. The molecule has 40 heavy (non-hydrogen) atoms. The number of aliphatic carboxylic acids is 1. The molecule has 12 nitrogen and oxygen atoms in total. The average Bonchev–Trinajstić information content (AvgIpc) is 3.69. The predicted octanol–water partition coefficient (Wildman–Crippen LogP) is 2.87. The Morgan fingerprint density at radius 1 is 1.18 bits per heavy atom. The molecule has 1 atom stereocenters. The minimum Gasteiger partial charge on any atom is -0.479 e. The molecule has 1 fully saturated rings. The maximum absolute atomic E-state index is 14.6. The number of piperazine rings is 1. The van der Waals surface area contributed by atoms with Crippen LogP contribution in [-0.4, -0.2) is 79.2 Å². The largest absolute Gasteiger partial charge is 0.479 e. The third-order valence-electron chi connectivity index (χ3n) is 7.00. The van der Waals surface area contributed by atoms with Gasteiger partial charge in [0, 0.05) is 44.9 Å². The summed E-state index contributed by atoms with van der Waals surface area (Å²) in [5.41, 5.74) is 8.44. The molecule has 1 aliphatic heterocycles. The third kappa shape index (κ3) is 4.66. The molecule has 3 N–H and O–H groups in total. The van der Waals surface area contributed by atoms with E-state index < -0.39 is 23.7 Å². The van der Waals surface area contributed by atoms with Crippen molar-refractivity contribution < 1.29 is 27.8 Å². The molecular weight excluding hydrogens is 526 g/mol. The number of hydrogen-bond acceptors (Lipinski definition) is 9. The smallest absolute Gasteiger partial charge is 0.344 e. The number of anilines is 2. The van der Waals surface area contributed by atoms with Gasteiger partial charge in [-0.1, -0.05) is 0 Å². The number of rotatable bonds is 8. The third-order valence-corrected chi connectivity index (χ3v) is 7.00. The zero-order valence-corrected chi connectivity index (χ0v) is 21.5. The second-order valence-electron chi connectivity index (χ2n) is 9.54. The highest BCUT2D eigenvalue weighted by atomic mass is 19.1. The first-order valence-corrected chi connectivity index (χ1v) is 12.7. The van der Waals surface area contributed by atoms with E-state index in [0.29, 0.717) is 56.4 Å². The zero-order chi connectivity index (χ0) is 28.0. The van der Waals surface area contributed by atoms with Crippen molar-refractivity contribution in [2.45, 2.75) is 19.6 Å². The maximum Gasteiger partial charge on any atom is 0.344 e. The molecule has 1 unspecified atom stereocenters. The molecule has 0 amide bonds. The summed E-state index contributed by atoms with van der Waals surface area (Å²) in [5, 5.41) is 18.9. The van der Waals surface area contributed by atoms with E-state index >= 15 is 0 Å². The minimum absolute atomic E-state index is 0.171. The number of aromatic nitrogens is 5. The molecule has 1 saturated heterocycles. The first kappa shape index (κ1) is 25.6. The Morgan fingerprint density at radius 3 is 2.70 bits per heavy atom. The van der Waals surface area contributed by atoms with Crippen LogP contribution in [0, 0.1) is 11.6 Å². The Kier molecular flexibility index (Phi) is 6.46. The fourth-order valence-corrected chi connectivity index (χ4v) is 4.83. The number of benzene rings is 1. The van der Waals surface area contributed by atoms with Gasteiger partial charge >= 0.3 is 5.97 Å². The van der Waals surface area contributed by atoms with Crippen LogP contribution in [-0.2, 0) is 11.3 Å². The maximum atomic E-state index is 14.6. The van der Waals surface area contributed by atoms with Crippen LogP contribution in [0.15, 0.2) is 47.2 Å². The van der Waals surface area contributed by atoms with Crippen molar-refractivity contribution in [3.63, 3.8) is 0 Å². The zero-order valence-electron chi connectivity index (χ0n) is 21.5. The van der Waals surface area contributed by atoms with Crippen molar-refractivity contribution in [3.05, 3.63) is 54.4 Å². The van der Waals surface area contributed by atoms with Gasteiger partial charge in [0.15, 0.2) is 29.1 Å². The summed E-state index contributed by atoms with van der Waals surface area (Å²) in [7, 11) is 0. The number of nitrogen functional groups attached to an aromatic ring is 1. The summed E-state index contributed by atoms with van der Waals surface area (Å²) >= 11 is 0. The molecule has 5 aromatic rings. The van der Waals surface area contributed by atoms with E-state index in [4.69, 9.17) is 20.0 Å². The molecule has 5 heterocycles. The molecule has 14 heteroatoms. The Morgan fingerprint density at radius 2 is 1.98 bits per heavy atom. The van der Waals surface area contributed by atoms with Gasteiger partial charge in [-0.15, -0.1) is 0 Å². The summed E-state index contributed by atoms with van der Waals surface area (Å²) in [6.07, 6.45) is 2.06. The fraction of sp³-hybridized carbons (Fsp3) is 0.308. The Bertz CT molecular complexity index is 1690. The number of furan rings is 1. The van der Waals surface area contributed by atoms with Gasteiger partial charge in [0.25, 0.3) is 0 Å². The summed E-state index contributed by atoms with van der Waals surface area (Å²) < 4.78 is 42.8. The van der Waals surface area contributed by atoms with Crippen molar-refractivity contribution in [2.24, 2.45) is 0 Å². The molecule has 1 aromatic carbocycles. The van der Waals surface area contributed by atoms with E-state index in [0.717, 1.165) is 17.0 Å². The van der Waals surface area contributed by atoms with Crippen molar-refractivity contribution >= 4 is 34.2 Å². The van der Waals surface area contributed by atoms with E-state index in [9.17, 15) is 13.6 Å². The molecule has 0 spiro atoms. The molecule has 6 rings (SSSR count).